The molecule has 12 heteroatoms. The highest BCUT2D eigenvalue weighted by molar-refractivity contribution is 7.58. The van der Waals surface area contributed by atoms with Gasteiger partial charge >= 0.3 is 15.2 Å². The molecule has 10 nitrogen and oxygen atoms in total. The van der Waals surface area contributed by atoms with Gasteiger partial charge in [-0.3, -0.25) is 4.57 Å². The highest BCUT2D eigenvalue weighted by Crippen LogP contribution is 2.67. The Hall–Kier alpha value is -0.380. The molecule has 0 saturated carbocycles. The smallest absolute Gasteiger partial charge is 0.254 e. The van der Waals surface area contributed by atoms with Gasteiger partial charge in [-0.15, -0.1) is 18.7 Å². The average molecular weight is 444 g/mol. The molecular formula is C16H30O10P2. The summed E-state index contributed by atoms with van der Waals surface area (Å²) in [5, 5.41) is -0.998. The van der Waals surface area contributed by atoms with Crippen LogP contribution in [0.25, 0.3) is 0 Å². The van der Waals surface area contributed by atoms with Crippen molar-refractivity contribution in [2.75, 3.05) is 26.4 Å². The normalized spacial score (nSPS) is 23.1. The summed E-state index contributed by atoms with van der Waals surface area (Å²) in [6, 6.07) is 0. The zero-order valence-corrected chi connectivity index (χ0v) is 18.9. The van der Waals surface area contributed by atoms with Gasteiger partial charge in [-0.05, 0) is 46.6 Å². The van der Waals surface area contributed by atoms with Crippen LogP contribution in [0.4, 0.5) is 0 Å². The van der Waals surface area contributed by atoms with E-state index in [9.17, 15) is 9.13 Å². The third kappa shape index (κ3) is 6.06. The molecule has 0 heterocycles. The van der Waals surface area contributed by atoms with E-state index < -0.39 is 26.3 Å². The second-order valence-electron chi connectivity index (χ2n) is 5.86. The van der Waals surface area contributed by atoms with Crippen LogP contribution in [0.15, 0.2) is 23.5 Å². The second-order valence-corrected chi connectivity index (χ2v) is 9.92. The van der Waals surface area contributed by atoms with Crippen LogP contribution in [0.3, 0.4) is 0 Å². The Labute approximate surface area is 165 Å². The van der Waals surface area contributed by atoms with Crippen molar-refractivity contribution in [1.82, 2.24) is 0 Å². The van der Waals surface area contributed by atoms with E-state index in [-0.39, 0.29) is 31.7 Å². The van der Waals surface area contributed by atoms with Crippen LogP contribution in [0.1, 0.15) is 41.5 Å². The molecule has 0 radical (unpaired) electrons. The van der Waals surface area contributed by atoms with E-state index in [1.165, 1.54) is 12.2 Å². The van der Waals surface area contributed by atoms with Gasteiger partial charge < -0.3 is 0 Å². The van der Waals surface area contributed by atoms with Crippen molar-refractivity contribution in [3.05, 3.63) is 23.5 Å². The summed E-state index contributed by atoms with van der Waals surface area (Å²) in [7, 11) is -7.85. The third-order valence-electron chi connectivity index (χ3n) is 3.92. The van der Waals surface area contributed by atoms with E-state index in [4.69, 9.17) is 38.2 Å². The van der Waals surface area contributed by atoms with Crippen molar-refractivity contribution in [1.29, 1.82) is 0 Å². The van der Waals surface area contributed by atoms with Gasteiger partial charge in [0.2, 0.25) is 0 Å². The Kier molecular flexibility index (Phi) is 10.7. The average Bonchev–Trinajstić information content (AvgIpc) is 2.69. The predicted octanol–water partition coefficient (Wildman–Crippen LogP) is 5.09. The lowest BCUT2D eigenvalue weighted by molar-refractivity contribution is -0.266. The van der Waals surface area contributed by atoms with Crippen molar-refractivity contribution < 1.29 is 47.4 Å². The second kappa shape index (κ2) is 11.7. The molecule has 164 valence electrons. The van der Waals surface area contributed by atoms with Crippen LogP contribution >= 0.6 is 15.2 Å². The zero-order chi connectivity index (χ0) is 21.3. The summed E-state index contributed by atoms with van der Waals surface area (Å²) in [6.07, 6.45) is 4.54. The lowest BCUT2D eigenvalue weighted by atomic mass is 9.91. The molecule has 1 aliphatic carbocycles. The molecule has 2 atom stereocenters. The molecule has 0 bridgehead atoms. The van der Waals surface area contributed by atoms with Crippen LogP contribution in [-0.4, -0.2) is 31.6 Å². The zero-order valence-electron chi connectivity index (χ0n) is 17.1. The van der Waals surface area contributed by atoms with Crippen LogP contribution in [0.2, 0.25) is 0 Å². The summed E-state index contributed by atoms with van der Waals surface area (Å²) in [6.45, 7) is 10.7. The molecule has 0 aromatic rings. The van der Waals surface area contributed by atoms with Gasteiger partial charge in [0.25, 0.3) is 0 Å². The van der Waals surface area contributed by atoms with Crippen LogP contribution < -0.4 is 0 Å². The first kappa shape index (κ1) is 25.7. The Morgan fingerprint density at radius 3 is 1.68 bits per heavy atom. The number of rotatable bonds is 14. The molecule has 28 heavy (non-hydrogen) atoms. The maximum Gasteiger partial charge on any atom is 0.414 e. The van der Waals surface area contributed by atoms with Gasteiger partial charge in [-0.1, -0.05) is 19.1 Å². The first-order chi connectivity index (χ1) is 13.2. The van der Waals surface area contributed by atoms with E-state index in [0.717, 1.165) is 0 Å². The molecule has 0 amide bonds. The molecule has 0 saturated heterocycles. The minimum atomic E-state index is -3.93. The topological polar surface area (TPSA) is 108 Å². The van der Waals surface area contributed by atoms with Gasteiger partial charge in [0, 0.05) is 0 Å². The molecule has 0 fully saturated rings. The standard InChI is InChI=1S/C16H30O10P2/c1-7-19-23-27(17,24-20-8-2)15-11-12-16(6,14(5)13-15)28(18,25-21-9-3)26-22-10-4/h11-14H,7-10H2,1-6H3/t14-,16-/m0/s1. The number of hydrogen-bond donors (Lipinski definition) is 0. The minimum absolute atomic E-state index is 0.156. The fourth-order valence-electron chi connectivity index (χ4n) is 2.17. The predicted molar refractivity (Wildman–Crippen MR) is 101 cm³/mol. The summed E-state index contributed by atoms with van der Waals surface area (Å²) in [5.74, 6) is -0.497. The van der Waals surface area contributed by atoms with Crippen molar-refractivity contribution >= 4 is 15.2 Å². The lowest BCUT2D eigenvalue weighted by Crippen LogP contribution is -2.34. The van der Waals surface area contributed by atoms with Crippen molar-refractivity contribution in [3.63, 3.8) is 0 Å². The van der Waals surface area contributed by atoms with Crippen LogP contribution in [0.5, 0.6) is 0 Å². The molecule has 0 unspecified atom stereocenters. The SMILES string of the molecule is CCOOP(=O)(OOCC)C1=C[C@H](C)[C@@](C)(P(=O)(OOCC)OOCC)C=C1. The molecule has 0 spiro atoms. The van der Waals surface area contributed by atoms with E-state index >= 15 is 0 Å². The highest BCUT2D eigenvalue weighted by Gasteiger charge is 2.53. The van der Waals surface area contributed by atoms with Crippen LogP contribution in [0, 0.1) is 5.92 Å². The quantitative estimate of drug-likeness (QED) is 0.204. The Morgan fingerprint density at radius 1 is 0.857 bits per heavy atom. The van der Waals surface area contributed by atoms with Crippen LogP contribution in [-0.2, 0) is 47.4 Å². The van der Waals surface area contributed by atoms with E-state index in [0.29, 0.717) is 0 Å². The summed E-state index contributed by atoms with van der Waals surface area (Å²) in [5.41, 5.74) is 0. The molecule has 1 rings (SSSR count). The van der Waals surface area contributed by atoms with Gasteiger partial charge in [-0.2, -0.15) is 0 Å². The number of allylic oxidation sites excluding steroid dienone is 4. The minimum Gasteiger partial charge on any atom is -0.254 e. The maximum absolute atomic E-state index is 13.4. The summed E-state index contributed by atoms with van der Waals surface area (Å²) in [4.78, 5) is 19.4. The van der Waals surface area contributed by atoms with E-state index in [1.807, 2.05) is 0 Å². The van der Waals surface area contributed by atoms with Crippen molar-refractivity contribution in [3.8, 4) is 0 Å². The molecule has 1 aliphatic rings. The Morgan fingerprint density at radius 2 is 1.29 bits per heavy atom. The van der Waals surface area contributed by atoms with E-state index in [2.05, 4.69) is 0 Å². The summed E-state index contributed by atoms with van der Waals surface area (Å²) < 4.78 is 46.5. The fraction of sp³-hybridized carbons (Fsp3) is 0.750. The highest BCUT2D eigenvalue weighted by atomic mass is 31.2. The first-order valence-corrected chi connectivity index (χ1v) is 12.2. The van der Waals surface area contributed by atoms with Gasteiger partial charge in [0.1, 0.15) is 0 Å². The van der Waals surface area contributed by atoms with Gasteiger partial charge in [0.15, 0.2) is 0 Å². The monoisotopic (exact) mass is 444 g/mol. The Balaban J connectivity index is 3.19. The largest absolute Gasteiger partial charge is 0.414 e. The number of hydrogen-bond acceptors (Lipinski definition) is 10. The van der Waals surface area contributed by atoms with E-state index in [1.54, 1.807) is 47.6 Å². The maximum atomic E-state index is 13.4. The first-order valence-electron chi connectivity index (χ1n) is 9.09. The van der Waals surface area contributed by atoms with Gasteiger partial charge in [0.05, 0.1) is 36.9 Å². The fourth-order valence-corrected chi connectivity index (χ4v) is 5.18. The van der Waals surface area contributed by atoms with Gasteiger partial charge in [-0.25, -0.2) is 24.1 Å². The molecule has 0 aromatic heterocycles. The van der Waals surface area contributed by atoms with Crippen molar-refractivity contribution in [2.45, 2.75) is 46.7 Å². The molecule has 0 N–H and O–H groups in total. The molecule has 0 aliphatic heterocycles. The Bertz CT molecular complexity index is 611. The molecular weight excluding hydrogens is 414 g/mol. The lowest BCUT2D eigenvalue weighted by Gasteiger charge is -2.37. The third-order valence-corrected chi connectivity index (χ3v) is 7.79. The molecule has 0 aromatic carbocycles. The summed E-state index contributed by atoms with van der Waals surface area (Å²) >= 11 is 0. The van der Waals surface area contributed by atoms with Crippen molar-refractivity contribution in [2.24, 2.45) is 5.92 Å².